The highest BCUT2D eigenvalue weighted by atomic mass is 19.1. The van der Waals surface area contributed by atoms with Crippen molar-refractivity contribution in [2.45, 2.75) is 20.8 Å². The molecule has 1 heterocycles. The Labute approximate surface area is 198 Å². The van der Waals surface area contributed by atoms with E-state index >= 15 is 0 Å². The monoisotopic (exact) mass is 441 g/mol. The van der Waals surface area contributed by atoms with Gasteiger partial charge < -0.3 is 0 Å². The number of rotatable bonds is 2. The first-order chi connectivity index (χ1) is 16.5. The molecule has 0 atom stereocenters. The van der Waals surface area contributed by atoms with E-state index in [1.807, 2.05) is 18.3 Å². The molecule has 6 rings (SSSR count). The Morgan fingerprint density at radius 3 is 2.03 bits per heavy atom. The molecule has 0 saturated carbocycles. The van der Waals surface area contributed by atoms with Gasteiger partial charge in [0.15, 0.2) is 0 Å². The van der Waals surface area contributed by atoms with Crippen molar-refractivity contribution in [3.63, 3.8) is 0 Å². The predicted octanol–water partition coefficient (Wildman–Crippen LogP) is 8.94. The lowest BCUT2D eigenvalue weighted by Crippen LogP contribution is -1.93. The fraction of sp³-hybridized carbons (Fsp3) is 0.0938. The molecule has 0 spiro atoms. The lowest BCUT2D eigenvalue weighted by atomic mass is 9.89. The number of halogens is 1. The Morgan fingerprint density at radius 1 is 0.559 bits per heavy atom. The summed E-state index contributed by atoms with van der Waals surface area (Å²) < 4.78 is 13.5. The van der Waals surface area contributed by atoms with Gasteiger partial charge in [-0.2, -0.15) is 0 Å². The van der Waals surface area contributed by atoms with Gasteiger partial charge in [0.2, 0.25) is 0 Å². The van der Waals surface area contributed by atoms with Crippen LogP contribution < -0.4 is 0 Å². The first-order valence-electron chi connectivity index (χ1n) is 11.6. The molecule has 34 heavy (non-hydrogen) atoms. The van der Waals surface area contributed by atoms with E-state index in [4.69, 9.17) is 4.98 Å². The number of hydrogen-bond acceptors (Lipinski definition) is 1. The minimum absolute atomic E-state index is 0.225. The van der Waals surface area contributed by atoms with E-state index in [0.717, 1.165) is 33.3 Å². The van der Waals surface area contributed by atoms with Crippen molar-refractivity contribution >= 4 is 32.3 Å². The van der Waals surface area contributed by atoms with Crippen LogP contribution in [0.5, 0.6) is 0 Å². The van der Waals surface area contributed by atoms with E-state index in [1.165, 1.54) is 50.2 Å². The first-order valence-corrected chi connectivity index (χ1v) is 11.6. The van der Waals surface area contributed by atoms with Crippen molar-refractivity contribution < 1.29 is 4.39 Å². The molecular formula is C32H24FN. The molecule has 0 unspecified atom stereocenters. The number of aryl methyl sites for hydroxylation is 3. The minimum Gasteiger partial charge on any atom is -0.256 e. The largest absolute Gasteiger partial charge is 0.256 e. The second-order valence-electron chi connectivity index (χ2n) is 9.13. The number of fused-ring (bicyclic) bond motifs is 5. The molecule has 2 heteroatoms. The van der Waals surface area contributed by atoms with Crippen LogP contribution in [-0.2, 0) is 0 Å². The van der Waals surface area contributed by atoms with Gasteiger partial charge in [-0.25, -0.2) is 4.39 Å². The molecule has 0 N–H and O–H groups in total. The zero-order chi connectivity index (χ0) is 23.4. The normalized spacial score (nSPS) is 11.5. The summed E-state index contributed by atoms with van der Waals surface area (Å²) in [5.74, 6) is -0.225. The third-order valence-electron chi connectivity index (χ3n) is 7.03. The average molecular weight is 442 g/mol. The number of hydrogen-bond donors (Lipinski definition) is 0. The number of pyridine rings is 1. The Bertz CT molecular complexity index is 1730. The second kappa shape index (κ2) is 7.78. The van der Waals surface area contributed by atoms with E-state index in [0.29, 0.717) is 0 Å². The quantitative estimate of drug-likeness (QED) is 0.244. The summed E-state index contributed by atoms with van der Waals surface area (Å²) in [5, 5.41) is 7.53. The van der Waals surface area contributed by atoms with Crippen LogP contribution in [0.3, 0.4) is 0 Å². The van der Waals surface area contributed by atoms with Crippen LogP contribution in [0.4, 0.5) is 4.39 Å². The molecule has 1 nitrogen and oxygen atoms in total. The molecule has 164 valence electrons. The molecule has 5 aromatic carbocycles. The van der Waals surface area contributed by atoms with Crippen LogP contribution in [0, 0.1) is 26.6 Å². The Balaban J connectivity index is 1.64. The van der Waals surface area contributed by atoms with Crippen molar-refractivity contribution in [3.05, 3.63) is 114 Å². The fourth-order valence-corrected chi connectivity index (χ4v) is 5.28. The van der Waals surface area contributed by atoms with E-state index in [-0.39, 0.29) is 5.82 Å². The van der Waals surface area contributed by atoms with Crippen LogP contribution >= 0.6 is 0 Å². The smallest absolute Gasteiger partial charge is 0.123 e. The third-order valence-corrected chi connectivity index (χ3v) is 7.03. The van der Waals surface area contributed by atoms with Gasteiger partial charge in [-0.3, -0.25) is 4.98 Å². The lowest BCUT2D eigenvalue weighted by molar-refractivity contribution is 0.628. The number of benzene rings is 5. The van der Waals surface area contributed by atoms with Gasteiger partial charge in [0.1, 0.15) is 5.82 Å². The van der Waals surface area contributed by atoms with Crippen molar-refractivity contribution in [2.75, 3.05) is 0 Å². The number of nitrogens with zero attached hydrogens (tertiary/aromatic N) is 1. The van der Waals surface area contributed by atoms with E-state index in [1.54, 1.807) is 0 Å². The topological polar surface area (TPSA) is 12.9 Å². The summed E-state index contributed by atoms with van der Waals surface area (Å²) in [6, 6.07) is 28.4. The molecule has 0 bridgehead atoms. The Morgan fingerprint density at radius 2 is 1.24 bits per heavy atom. The Hall–Kier alpha value is -4.04. The van der Waals surface area contributed by atoms with Gasteiger partial charge >= 0.3 is 0 Å². The summed E-state index contributed by atoms with van der Waals surface area (Å²) in [5.41, 5.74) is 7.88. The fourth-order valence-electron chi connectivity index (χ4n) is 5.28. The second-order valence-corrected chi connectivity index (χ2v) is 9.13. The first kappa shape index (κ1) is 20.6. The maximum absolute atomic E-state index is 13.5. The molecule has 0 aliphatic rings. The molecule has 0 amide bonds. The van der Waals surface area contributed by atoms with Crippen molar-refractivity contribution in [2.24, 2.45) is 0 Å². The predicted molar refractivity (Wildman–Crippen MR) is 142 cm³/mol. The van der Waals surface area contributed by atoms with Crippen LogP contribution in [0.2, 0.25) is 0 Å². The summed E-state index contributed by atoms with van der Waals surface area (Å²) in [6.07, 6.45) is 1.92. The maximum atomic E-state index is 13.5. The molecule has 0 saturated heterocycles. The molecule has 0 fully saturated rings. The molecule has 0 aliphatic heterocycles. The molecule has 0 radical (unpaired) electrons. The zero-order valence-corrected chi connectivity index (χ0v) is 19.5. The Kier molecular flexibility index (Phi) is 4.70. The zero-order valence-electron chi connectivity index (χ0n) is 19.5. The molecule has 0 aliphatic carbocycles. The summed E-state index contributed by atoms with van der Waals surface area (Å²) in [7, 11) is 0. The van der Waals surface area contributed by atoms with Crippen molar-refractivity contribution in [1.82, 2.24) is 4.98 Å². The molecular weight excluding hydrogens is 417 g/mol. The summed E-state index contributed by atoms with van der Waals surface area (Å²) >= 11 is 0. The van der Waals surface area contributed by atoms with Gasteiger partial charge in [-0.05, 0) is 106 Å². The maximum Gasteiger partial charge on any atom is 0.123 e. The van der Waals surface area contributed by atoms with Gasteiger partial charge in [-0.1, -0.05) is 54.6 Å². The average Bonchev–Trinajstić information content (AvgIpc) is 2.86. The summed E-state index contributed by atoms with van der Waals surface area (Å²) in [6.45, 7) is 6.53. The SMILES string of the molecule is Cc1cc(-c2ccc(F)cc2)cc(-c2nccc3c2ccc2c4ccccc4c(C)c(C)c32)c1. The highest BCUT2D eigenvalue weighted by Crippen LogP contribution is 2.39. The van der Waals surface area contributed by atoms with Crippen molar-refractivity contribution in [3.8, 4) is 22.4 Å². The molecule has 6 aromatic rings. The minimum atomic E-state index is -0.225. The number of aromatic nitrogens is 1. The standard InChI is InChI=1S/C32H24FN/c1-19-16-23(22-8-10-25(33)11-9-22)18-24(17-19)32-30-13-12-28-27-7-5-4-6-26(27)20(2)21(3)31(28)29(30)14-15-34-32/h4-18H,1-3H3. The van der Waals surface area contributed by atoms with Gasteiger partial charge in [-0.15, -0.1) is 0 Å². The van der Waals surface area contributed by atoms with Gasteiger partial charge in [0.05, 0.1) is 5.69 Å². The van der Waals surface area contributed by atoms with Crippen LogP contribution in [-0.4, -0.2) is 4.98 Å². The molecule has 1 aromatic heterocycles. The highest BCUT2D eigenvalue weighted by molar-refractivity contribution is 6.21. The lowest BCUT2D eigenvalue weighted by Gasteiger charge is -2.16. The van der Waals surface area contributed by atoms with E-state index < -0.39 is 0 Å². The van der Waals surface area contributed by atoms with Gasteiger partial charge in [0, 0.05) is 17.1 Å². The van der Waals surface area contributed by atoms with Crippen LogP contribution in [0.15, 0.2) is 91.1 Å². The van der Waals surface area contributed by atoms with Crippen LogP contribution in [0.1, 0.15) is 16.7 Å². The highest BCUT2D eigenvalue weighted by Gasteiger charge is 2.15. The van der Waals surface area contributed by atoms with E-state index in [2.05, 4.69) is 81.4 Å². The van der Waals surface area contributed by atoms with Crippen LogP contribution in [0.25, 0.3) is 54.7 Å². The third kappa shape index (κ3) is 3.18. The van der Waals surface area contributed by atoms with E-state index in [9.17, 15) is 4.39 Å². The summed E-state index contributed by atoms with van der Waals surface area (Å²) in [4.78, 5) is 4.83. The van der Waals surface area contributed by atoms with Gasteiger partial charge in [0.25, 0.3) is 0 Å². The van der Waals surface area contributed by atoms with Crippen molar-refractivity contribution in [1.29, 1.82) is 0 Å².